The number of aromatic nitrogens is 4. The van der Waals surface area contributed by atoms with E-state index in [9.17, 15) is 9.18 Å². The lowest BCUT2D eigenvalue weighted by atomic mass is 9.97. The molecule has 0 bridgehead atoms. The molecule has 5 rings (SSSR count). The third-order valence-electron chi connectivity index (χ3n) is 5.56. The number of carbonyl (C=O) groups is 1. The van der Waals surface area contributed by atoms with E-state index >= 15 is 0 Å². The minimum absolute atomic E-state index is 0.179. The van der Waals surface area contributed by atoms with Gasteiger partial charge >= 0.3 is 6.03 Å². The number of urea groups is 1. The second-order valence-corrected chi connectivity index (χ2v) is 8.75. The maximum atomic E-state index is 14.8. The highest BCUT2D eigenvalue weighted by molar-refractivity contribution is 5.95. The first kappa shape index (κ1) is 18.8. The molecule has 4 heterocycles. The van der Waals surface area contributed by atoms with E-state index in [4.69, 9.17) is 4.52 Å². The largest absolute Gasteiger partial charge is 0.338 e. The summed E-state index contributed by atoms with van der Waals surface area (Å²) in [7, 11) is 0. The van der Waals surface area contributed by atoms with Crippen molar-refractivity contribution >= 4 is 11.7 Å². The van der Waals surface area contributed by atoms with Crippen molar-refractivity contribution in [2.75, 3.05) is 18.0 Å². The van der Waals surface area contributed by atoms with E-state index in [-0.39, 0.29) is 23.7 Å². The smallest absolute Gasteiger partial charge is 0.325 e. The molecule has 0 atom stereocenters. The number of amides is 2. The zero-order valence-corrected chi connectivity index (χ0v) is 17.2. The van der Waals surface area contributed by atoms with Gasteiger partial charge in [-0.3, -0.25) is 9.47 Å². The number of likely N-dealkylation sites (tertiary alicyclic amines) is 1. The minimum Gasteiger partial charge on any atom is -0.338 e. The summed E-state index contributed by atoms with van der Waals surface area (Å²) < 4.78 is 22.1. The van der Waals surface area contributed by atoms with Crippen LogP contribution in [0.4, 0.5) is 14.9 Å². The summed E-state index contributed by atoms with van der Waals surface area (Å²) in [6.45, 7) is 7.52. The topological polar surface area (TPSA) is 80.3 Å². The first-order valence-corrected chi connectivity index (χ1v) is 10.1. The first-order chi connectivity index (χ1) is 14.3. The summed E-state index contributed by atoms with van der Waals surface area (Å²) in [4.78, 5) is 25.5. The van der Waals surface area contributed by atoms with Crippen LogP contribution in [-0.4, -0.2) is 43.7 Å². The van der Waals surface area contributed by atoms with Crippen LogP contribution in [-0.2, 0) is 12.0 Å². The molecule has 2 amide bonds. The van der Waals surface area contributed by atoms with Gasteiger partial charge in [-0.2, -0.15) is 4.98 Å². The van der Waals surface area contributed by atoms with Crippen molar-refractivity contribution in [3.8, 4) is 17.2 Å². The Hall–Kier alpha value is -3.23. The van der Waals surface area contributed by atoms with Crippen LogP contribution < -0.4 is 4.90 Å². The molecule has 30 heavy (non-hydrogen) atoms. The van der Waals surface area contributed by atoms with Crippen molar-refractivity contribution in [1.29, 1.82) is 0 Å². The number of nitrogens with zero attached hydrogens (tertiary/aromatic N) is 6. The van der Waals surface area contributed by atoms with E-state index in [1.807, 2.05) is 20.8 Å². The van der Waals surface area contributed by atoms with E-state index in [1.54, 1.807) is 27.9 Å². The fraction of sp³-hybridized carbons (Fsp3) is 0.429. The van der Waals surface area contributed by atoms with Crippen LogP contribution in [0.15, 0.2) is 29.0 Å². The number of rotatable bonds is 1. The highest BCUT2D eigenvalue weighted by atomic mass is 19.1. The normalized spacial score (nSPS) is 16.0. The number of anilines is 1. The zero-order chi connectivity index (χ0) is 21.0. The molecule has 0 radical (unpaired) electrons. The van der Waals surface area contributed by atoms with Crippen LogP contribution in [0.5, 0.6) is 0 Å². The van der Waals surface area contributed by atoms with Crippen LogP contribution in [0.25, 0.3) is 17.2 Å². The Morgan fingerprint density at radius 1 is 1.20 bits per heavy atom. The maximum Gasteiger partial charge on any atom is 0.325 e. The Morgan fingerprint density at radius 3 is 2.67 bits per heavy atom. The first-order valence-electron chi connectivity index (χ1n) is 10.1. The standard InChI is InChI=1S/C21H23FN6O2/c1-21(2,3)19-24-18(25-30-19)16-15-11-27(20(29)26-9-4-5-10-26)17-13(22)7-6-8-14(17)28(15)12-23-16/h6-8,12H,4-5,9-11H2,1-3H3. The fourth-order valence-corrected chi connectivity index (χ4v) is 3.98. The van der Waals surface area contributed by atoms with Gasteiger partial charge in [-0.05, 0) is 25.0 Å². The summed E-state index contributed by atoms with van der Waals surface area (Å²) >= 11 is 0. The van der Waals surface area contributed by atoms with Gasteiger partial charge in [0.25, 0.3) is 0 Å². The average molecular weight is 410 g/mol. The van der Waals surface area contributed by atoms with E-state index in [0.29, 0.717) is 36.2 Å². The molecule has 2 aromatic heterocycles. The maximum absolute atomic E-state index is 14.8. The van der Waals surface area contributed by atoms with Crippen LogP contribution in [0.2, 0.25) is 0 Å². The predicted molar refractivity (Wildman–Crippen MR) is 108 cm³/mol. The van der Waals surface area contributed by atoms with Gasteiger partial charge in [-0.15, -0.1) is 0 Å². The minimum atomic E-state index is -0.435. The molecule has 1 fully saturated rings. The quantitative estimate of drug-likeness (QED) is 0.608. The third-order valence-corrected chi connectivity index (χ3v) is 5.56. The molecular weight excluding hydrogens is 387 g/mol. The lowest BCUT2D eigenvalue weighted by molar-refractivity contribution is 0.214. The summed E-state index contributed by atoms with van der Waals surface area (Å²) in [5.74, 6) is 0.434. The van der Waals surface area contributed by atoms with E-state index in [2.05, 4.69) is 15.1 Å². The summed E-state index contributed by atoms with van der Waals surface area (Å²) in [6, 6.07) is 4.60. The lowest BCUT2D eigenvalue weighted by Gasteiger charge is -2.33. The van der Waals surface area contributed by atoms with Crippen LogP contribution >= 0.6 is 0 Å². The Balaban J connectivity index is 1.61. The van der Waals surface area contributed by atoms with Crippen LogP contribution in [0.1, 0.15) is 45.2 Å². The lowest BCUT2D eigenvalue weighted by Crippen LogP contribution is -2.44. The fourth-order valence-electron chi connectivity index (χ4n) is 3.98. The number of hydrogen-bond acceptors (Lipinski definition) is 5. The Morgan fingerprint density at radius 2 is 1.97 bits per heavy atom. The van der Waals surface area contributed by atoms with Gasteiger partial charge < -0.3 is 9.42 Å². The molecule has 9 heteroatoms. The molecule has 0 saturated carbocycles. The van der Waals surface area contributed by atoms with Crippen molar-refractivity contribution < 1.29 is 13.7 Å². The number of imidazole rings is 1. The van der Waals surface area contributed by atoms with Gasteiger partial charge in [0.1, 0.15) is 23.5 Å². The van der Waals surface area contributed by atoms with Crippen LogP contribution in [0.3, 0.4) is 0 Å². The Labute approximate surface area is 173 Å². The molecule has 2 aliphatic rings. The number of hydrogen-bond donors (Lipinski definition) is 0. The molecule has 0 unspecified atom stereocenters. The number of benzene rings is 1. The molecule has 1 aromatic carbocycles. The molecule has 156 valence electrons. The number of para-hydroxylation sites is 1. The van der Waals surface area contributed by atoms with Gasteiger partial charge in [-0.1, -0.05) is 32.0 Å². The molecule has 0 N–H and O–H groups in total. The van der Waals surface area contributed by atoms with Crippen molar-refractivity contribution in [2.45, 2.75) is 45.6 Å². The van der Waals surface area contributed by atoms with Crippen molar-refractivity contribution in [3.63, 3.8) is 0 Å². The number of halogens is 1. The summed E-state index contributed by atoms with van der Waals surface area (Å²) in [6.07, 6.45) is 3.55. The second-order valence-electron chi connectivity index (χ2n) is 8.75. The van der Waals surface area contributed by atoms with Crippen molar-refractivity contribution in [3.05, 3.63) is 41.9 Å². The average Bonchev–Trinajstić information content (AvgIpc) is 3.45. The molecule has 2 aliphatic heterocycles. The SMILES string of the molecule is CC(C)(C)c1nc(-c2ncn3c2CN(C(=O)N2CCCC2)c2c(F)cccc2-3)no1. The van der Waals surface area contributed by atoms with E-state index < -0.39 is 5.82 Å². The Bertz CT molecular complexity index is 1120. The molecular formula is C21H23FN6O2. The zero-order valence-electron chi connectivity index (χ0n) is 17.2. The van der Waals surface area contributed by atoms with E-state index in [0.717, 1.165) is 18.5 Å². The van der Waals surface area contributed by atoms with Gasteiger partial charge in [-0.25, -0.2) is 14.2 Å². The Kier molecular flexibility index (Phi) is 4.16. The predicted octanol–water partition coefficient (Wildman–Crippen LogP) is 3.89. The third kappa shape index (κ3) is 2.88. The van der Waals surface area contributed by atoms with E-state index in [1.165, 1.54) is 11.0 Å². The van der Waals surface area contributed by atoms with Gasteiger partial charge in [0.2, 0.25) is 11.7 Å². The highest BCUT2D eigenvalue weighted by Gasteiger charge is 2.35. The second kappa shape index (κ2) is 6.65. The number of fused-ring (bicyclic) bond motifs is 3. The van der Waals surface area contributed by atoms with Gasteiger partial charge in [0, 0.05) is 18.5 Å². The monoisotopic (exact) mass is 410 g/mol. The molecule has 8 nitrogen and oxygen atoms in total. The molecule has 1 saturated heterocycles. The summed E-state index contributed by atoms with van der Waals surface area (Å²) in [5, 5.41) is 4.10. The van der Waals surface area contributed by atoms with Gasteiger partial charge in [0.05, 0.1) is 17.9 Å². The molecule has 0 spiro atoms. The molecule has 0 aliphatic carbocycles. The molecule has 3 aromatic rings. The van der Waals surface area contributed by atoms with Crippen LogP contribution in [0, 0.1) is 5.82 Å². The summed E-state index contributed by atoms with van der Waals surface area (Å²) in [5.41, 5.74) is 1.81. The van der Waals surface area contributed by atoms with Gasteiger partial charge in [0.15, 0.2) is 0 Å². The van der Waals surface area contributed by atoms with Crippen molar-refractivity contribution in [1.82, 2.24) is 24.6 Å². The highest BCUT2D eigenvalue weighted by Crippen LogP contribution is 2.38. The number of carbonyl (C=O) groups excluding carboxylic acids is 1. The van der Waals surface area contributed by atoms with Crippen molar-refractivity contribution in [2.24, 2.45) is 0 Å².